The van der Waals surface area contributed by atoms with Crippen LogP contribution in [0.15, 0.2) is 42.5 Å². The van der Waals surface area contributed by atoms with Crippen molar-refractivity contribution in [3.8, 4) is 0 Å². The summed E-state index contributed by atoms with van der Waals surface area (Å²) in [6, 6.07) is 11.6. The van der Waals surface area contributed by atoms with Gasteiger partial charge in [0.1, 0.15) is 6.04 Å². The molecule has 1 aliphatic carbocycles. The molecule has 29 heavy (non-hydrogen) atoms. The lowest BCUT2D eigenvalue weighted by atomic mass is 10.1. The Kier molecular flexibility index (Phi) is 5.04. The van der Waals surface area contributed by atoms with E-state index in [4.69, 9.17) is 0 Å². The molecule has 1 atom stereocenters. The highest BCUT2D eigenvalue weighted by Crippen LogP contribution is 2.29. The minimum atomic E-state index is -3.50. The number of sulfone groups is 1. The Labute approximate surface area is 169 Å². The molecule has 8 heteroatoms. The summed E-state index contributed by atoms with van der Waals surface area (Å²) in [5.41, 5.74) is 3.23. The van der Waals surface area contributed by atoms with E-state index in [1.165, 1.54) is 0 Å². The Morgan fingerprint density at radius 1 is 1.14 bits per heavy atom. The van der Waals surface area contributed by atoms with Gasteiger partial charge in [-0.15, -0.1) is 0 Å². The summed E-state index contributed by atoms with van der Waals surface area (Å²) in [4.78, 5) is 24.7. The smallest absolute Gasteiger partial charge is 0.251 e. The molecule has 0 radical (unpaired) electrons. The van der Waals surface area contributed by atoms with Crippen molar-refractivity contribution < 1.29 is 18.0 Å². The fraction of sp³-hybridized carbons (Fsp3) is 0.333. The van der Waals surface area contributed by atoms with Gasteiger partial charge in [-0.1, -0.05) is 29.8 Å². The molecule has 2 aromatic carbocycles. The van der Waals surface area contributed by atoms with Gasteiger partial charge in [0.25, 0.3) is 5.91 Å². The van der Waals surface area contributed by atoms with Crippen molar-refractivity contribution in [1.82, 2.24) is 5.32 Å². The molecule has 0 aromatic heterocycles. The first kappa shape index (κ1) is 19.4. The summed E-state index contributed by atoms with van der Waals surface area (Å²) in [7, 11) is -3.50. The Morgan fingerprint density at radius 2 is 1.93 bits per heavy atom. The number of carbonyl (C=O) groups is 2. The lowest BCUT2D eigenvalue weighted by Crippen LogP contribution is -2.43. The molecule has 1 unspecified atom stereocenters. The summed E-state index contributed by atoms with van der Waals surface area (Å²) in [6.07, 6.45) is 1.99. The third kappa shape index (κ3) is 4.76. The van der Waals surface area contributed by atoms with Gasteiger partial charge < -0.3 is 16.0 Å². The Bertz CT molecular complexity index is 1080. The summed E-state index contributed by atoms with van der Waals surface area (Å²) in [6.45, 7) is 1.91. The van der Waals surface area contributed by atoms with E-state index in [1.807, 2.05) is 25.1 Å². The van der Waals surface area contributed by atoms with Gasteiger partial charge in [0, 0.05) is 11.6 Å². The van der Waals surface area contributed by atoms with Crippen LogP contribution < -0.4 is 16.0 Å². The number of hydrogen-bond donors (Lipinski definition) is 3. The van der Waals surface area contributed by atoms with E-state index in [0.29, 0.717) is 22.5 Å². The fourth-order valence-corrected chi connectivity index (χ4v) is 4.92. The molecule has 2 aromatic rings. The number of anilines is 2. The second-order valence-corrected chi connectivity index (χ2v) is 9.85. The number of carbonyl (C=O) groups excluding carboxylic acids is 2. The van der Waals surface area contributed by atoms with Crippen molar-refractivity contribution in [1.29, 1.82) is 0 Å². The first-order valence-corrected chi connectivity index (χ1v) is 11.4. The zero-order chi connectivity index (χ0) is 20.6. The maximum absolute atomic E-state index is 12.6. The number of fused-ring (bicyclic) bond motifs is 1. The predicted octanol–water partition coefficient (Wildman–Crippen LogP) is 2.23. The number of amides is 2. The number of benzene rings is 2. The van der Waals surface area contributed by atoms with Crippen LogP contribution in [0.3, 0.4) is 0 Å². The summed E-state index contributed by atoms with van der Waals surface area (Å²) in [5, 5.41) is 8.62. The average molecular weight is 413 g/mol. The average Bonchev–Trinajstić information content (AvgIpc) is 3.45. The largest absolute Gasteiger partial charge is 0.371 e. The van der Waals surface area contributed by atoms with Gasteiger partial charge in [-0.2, -0.15) is 0 Å². The quantitative estimate of drug-likeness (QED) is 0.674. The van der Waals surface area contributed by atoms with Gasteiger partial charge in [-0.3, -0.25) is 9.59 Å². The standard InChI is InChI=1S/C21H23N3O4S/c1-13-3-2-4-14(9-13)11-29(27,28)12-19-21(26)24-18-10-15(5-8-17(18)23-19)20(25)22-16-6-7-16/h2-5,8-10,16,19,23H,6-7,11-12H2,1H3,(H,22,25)(H,24,26). The highest BCUT2D eigenvalue weighted by molar-refractivity contribution is 7.90. The molecule has 0 saturated heterocycles. The topological polar surface area (TPSA) is 104 Å². The maximum Gasteiger partial charge on any atom is 0.251 e. The van der Waals surface area contributed by atoms with Crippen LogP contribution >= 0.6 is 0 Å². The third-order valence-electron chi connectivity index (χ3n) is 4.99. The second-order valence-electron chi connectivity index (χ2n) is 7.74. The molecule has 1 saturated carbocycles. The van der Waals surface area contributed by atoms with Crippen molar-refractivity contribution in [2.24, 2.45) is 0 Å². The van der Waals surface area contributed by atoms with Crippen LogP contribution in [0.5, 0.6) is 0 Å². The molecule has 1 heterocycles. The van der Waals surface area contributed by atoms with Gasteiger partial charge in [-0.25, -0.2) is 8.42 Å². The number of hydrogen-bond acceptors (Lipinski definition) is 5. The van der Waals surface area contributed by atoms with Gasteiger partial charge >= 0.3 is 0 Å². The van der Waals surface area contributed by atoms with Crippen LogP contribution in [0.25, 0.3) is 0 Å². The lowest BCUT2D eigenvalue weighted by molar-refractivity contribution is -0.116. The van der Waals surface area contributed by atoms with E-state index in [-0.39, 0.29) is 23.5 Å². The number of rotatable bonds is 6. The SMILES string of the molecule is Cc1cccc(CS(=O)(=O)CC2Nc3ccc(C(=O)NC4CC4)cc3NC2=O)c1. The summed E-state index contributed by atoms with van der Waals surface area (Å²) < 4.78 is 25.2. The zero-order valence-corrected chi connectivity index (χ0v) is 16.9. The molecule has 1 aliphatic heterocycles. The summed E-state index contributed by atoms with van der Waals surface area (Å²) in [5.74, 6) is -1.03. The van der Waals surface area contributed by atoms with E-state index in [0.717, 1.165) is 18.4 Å². The van der Waals surface area contributed by atoms with Crippen LogP contribution in [-0.2, 0) is 20.4 Å². The van der Waals surface area contributed by atoms with Gasteiger partial charge in [0.2, 0.25) is 5.91 Å². The summed E-state index contributed by atoms with van der Waals surface area (Å²) >= 11 is 0. The van der Waals surface area contributed by atoms with Crippen molar-refractivity contribution in [2.75, 3.05) is 16.4 Å². The van der Waals surface area contributed by atoms with Gasteiger partial charge in [-0.05, 0) is 43.5 Å². The molecular formula is C21H23N3O4S. The van der Waals surface area contributed by atoms with Crippen molar-refractivity contribution in [3.05, 3.63) is 59.2 Å². The number of aryl methyl sites for hydroxylation is 1. The van der Waals surface area contributed by atoms with E-state index >= 15 is 0 Å². The monoisotopic (exact) mass is 413 g/mol. The van der Waals surface area contributed by atoms with Crippen LogP contribution in [-0.4, -0.2) is 38.1 Å². The highest BCUT2D eigenvalue weighted by atomic mass is 32.2. The van der Waals surface area contributed by atoms with E-state index in [1.54, 1.807) is 24.3 Å². The molecule has 0 bridgehead atoms. The molecule has 2 aliphatic rings. The van der Waals surface area contributed by atoms with E-state index in [9.17, 15) is 18.0 Å². The fourth-order valence-electron chi connectivity index (χ4n) is 3.37. The van der Waals surface area contributed by atoms with Crippen molar-refractivity contribution >= 4 is 33.0 Å². The highest BCUT2D eigenvalue weighted by Gasteiger charge is 2.31. The minimum absolute atomic E-state index is 0.118. The molecule has 0 spiro atoms. The lowest BCUT2D eigenvalue weighted by Gasteiger charge is -2.27. The van der Waals surface area contributed by atoms with Crippen LogP contribution in [0.1, 0.15) is 34.3 Å². The minimum Gasteiger partial charge on any atom is -0.371 e. The molecule has 3 N–H and O–H groups in total. The molecule has 1 fully saturated rings. The Morgan fingerprint density at radius 3 is 2.66 bits per heavy atom. The molecule has 152 valence electrons. The maximum atomic E-state index is 12.6. The van der Waals surface area contributed by atoms with Crippen molar-refractivity contribution in [3.63, 3.8) is 0 Å². The second kappa shape index (κ2) is 7.51. The normalized spacial score (nSPS) is 18.4. The van der Waals surface area contributed by atoms with E-state index in [2.05, 4.69) is 16.0 Å². The number of nitrogens with one attached hydrogen (secondary N) is 3. The molecule has 7 nitrogen and oxygen atoms in total. The van der Waals surface area contributed by atoms with Gasteiger partial charge in [0.05, 0.1) is 22.9 Å². The van der Waals surface area contributed by atoms with Crippen LogP contribution in [0, 0.1) is 6.92 Å². The van der Waals surface area contributed by atoms with Gasteiger partial charge in [0.15, 0.2) is 9.84 Å². The molecular weight excluding hydrogens is 390 g/mol. The van der Waals surface area contributed by atoms with E-state index < -0.39 is 21.8 Å². The Hall–Kier alpha value is -2.87. The first-order chi connectivity index (χ1) is 13.8. The predicted molar refractivity (Wildman–Crippen MR) is 112 cm³/mol. The Balaban J connectivity index is 1.45. The zero-order valence-electron chi connectivity index (χ0n) is 16.1. The van der Waals surface area contributed by atoms with Crippen LogP contribution in [0.2, 0.25) is 0 Å². The molecule has 4 rings (SSSR count). The molecule has 2 amide bonds. The van der Waals surface area contributed by atoms with Crippen LogP contribution in [0.4, 0.5) is 11.4 Å². The third-order valence-corrected chi connectivity index (χ3v) is 6.60. The first-order valence-electron chi connectivity index (χ1n) is 9.57. The van der Waals surface area contributed by atoms with Crippen molar-refractivity contribution in [2.45, 2.75) is 37.6 Å².